The maximum absolute atomic E-state index is 12.6. The molecule has 3 aromatic rings. The molecule has 0 aliphatic carbocycles. The standard InChI is InChI=1S/C22H26N4O4/c1-14-6-3-4-7-18(14)22-23-20(30-25-22)8-5-9-21(28)26-12-16(19(27)13-26)11-17-10-15(2)24-29-17/h3-4,6-7,10,16,19,27H,5,8-9,11-13H2,1-2H3/t16-,19-/m1/s1. The molecule has 1 saturated heterocycles. The van der Waals surface area contributed by atoms with E-state index in [4.69, 9.17) is 9.05 Å². The van der Waals surface area contributed by atoms with Crippen molar-refractivity contribution in [3.05, 3.63) is 53.2 Å². The Labute approximate surface area is 174 Å². The molecule has 158 valence electrons. The third kappa shape index (κ3) is 4.59. The number of aliphatic hydroxyl groups excluding tert-OH is 1. The van der Waals surface area contributed by atoms with Crippen molar-refractivity contribution in [1.29, 1.82) is 0 Å². The number of carbonyl (C=O) groups is 1. The molecule has 0 saturated carbocycles. The topological polar surface area (TPSA) is 105 Å². The van der Waals surface area contributed by atoms with E-state index < -0.39 is 6.10 Å². The Kier molecular flexibility index (Phi) is 5.94. The van der Waals surface area contributed by atoms with Crippen molar-refractivity contribution in [1.82, 2.24) is 20.2 Å². The van der Waals surface area contributed by atoms with Gasteiger partial charge in [-0.25, -0.2) is 0 Å². The van der Waals surface area contributed by atoms with Crippen LogP contribution in [0.5, 0.6) is 0 Å². The zero-order valence-electron chi connectivity index (χ0n) is 17.2. The van der Waals surface area contributed by atoms with Crippen molar-refractivity contribution in [2.45, 2.75) is 45.6 Å². The van der Waals surface area contributed by atoms with Gasteiger partial charge >= 0.3 is 0 Å². The van der Waals surface area contributed by atoms with E-state index >= 15 is 0 Å². The van der Waals surface area contributed by atoms with Gasteiger partial charge in [-0.1, -0.05) is 34.6 Å². The van der Waals surface area contributed by atoms with E-state index in [2.05, 4.69) is 15.3 Å². The molecular weight excluding hydrogens is 384 g/mol. The number of hydrogen-bond donors (Lipinski definition) is 1. The predicted octanol–water partition coefficient (Wildman–Crippen LogP) is 2.73. The Morgan fingerprint density at radius 2 is 2.03 bits per heavy atom. The summed E-state index contributed by atoms with van der Waals surface area (Å²) in [6.45, 7) is 4.75. The average Bonchev–Trinajstić information content (AvgIpc) is 3.44. The summed E-state index contributed by atoms with van der Waals surface area (Å²) in [5.74, 6) is 1.84. The van der Waals surface area contributed by atoms with Crippen molar-refractivity contribution < 1.29 is 18.9 Å². The first kappa shape index (κ1) is 20.3. The summed E-state index contributed by atoms with van der Waals surface area (Å²) in [6, 6.07) is 9.75. The predicted molar refractivity (Wildman–Crippen MR) is 108 cm³/mol. The molecule has 0 radical (unpaired) electrons. The number of β-amino-alcohol motifs (C(OH)–C–C–N with tert-alkyl or cyclic N) is 1. The van der Waals surface area contributed by atoms with Crippen LogP contribution in [-0.2, 0) is 17.6 Å². The van der Waals surface area contributed by atoms with Crippen LogP contribution in [0.25, 0.3) is 11.4 Å². The number of nitrogens with zero attached hydrogens (tertiary/aromatic N) is 4. The second kappa shape index (κ2) is 8.79. The number of aromatic nitrogens is 3. The van der Waals surface area contributed by atoms with Gasteiger partial charge < -0.3 is 19.1 Å². The van der Waals surface area contributed by atoms with Gasteiger partial charge in [-0.15, -0.1) is 0 Å². The SMILES string of the molecule is Cc1cc(C[C@@H]2CN(C(=O)CCCc3nc(-c4ccccc4C)no3)C[C@H]2O)on1. The molecule has 1 aliphatic heterocycles. The minimum Gasteiger partial charge on any atom is -0.391 e. The van der Waals surface area contributed by atoms with Gasteiger partial charge in [0.25, 0.3) is 0 Å². The van der Waals surface area contributed by atoms with E-state index in [0.717, 1.165) is 22.6 Å². The minimum absolute atomic E-state index is 0.0314. The minimum atomic E-state index is -0.549. The Hall–Kier alpha value is -3.00. The quantitative estimate of drug-likeness (QED) is 0.638. The number of benzene rings is 1. The van der Waals surface area contributed by atoms with E-state index in [1.807, 2.05) is 44.2 Å². The highest BCUT2D eigenvalue weighted by molar-refractivity contribution is 5.76. The van der Waals surface area contributed by atoms with Gasteiger partial charge in [0.1, 0.15) is 5.76 Å². The Morgan fingerprint density at radius 3 is 2.80 bits per heavy atom. The van der Waals surface area contributed by atoms with E-state index in [-0.39, 0.29) is 11.8 Å². The number of hydrogen-bond acceptors (Lipinski definition) is 7. The van der Waals surface area contributed by atoms with Gasteiger partial charge in [0.05, 0.1) is 11.8 Å². The van der Waals surface area contributed by atoms with Gasteiger partial charge in [0, 0.05) is 49.9 Å². The highest BCUT2D eigenvalue weighted by Crippen LogP contribution is 2.23. The van der Waals surface area contributed by atoms with Crippen LogP contribution in [0.3, 0.4) is 0 Å². The number of aliphatic hydroxyl groups is 1. The van der Waals surface area contributed by atoms with E-state index in [1.165, 1.54) is 0 Å². The summed E-state index contributed by atoms with van der Waals surface area (Å²) in [5.41, 5.74) is 2.85. The molecule has 0 bridgehead atoms. The molecule has 0 spiro atoms. The molecule has 3 heterocycles. The lowest BCUT2D eigenvalue weighted by Crippen LogP contribution is -2.29. The summed E-state index contributed by atoms with van der Waals surface area (Å²) in [7, 11) is 0. The lowest BCUT2D eigenvalue weighted by atomic mass is 10.0. The zero-order chi connectivity index (χ0) is 21.1. The Bertz CT molecular complexity index is 1010. The molecular formula is C22H26N4O4. The number of aryl methyl sites for hydroxylation is 3. The molecule has 0 unspecified atom stereocenters. The largest absolute Gasteiger partial charge is 0.391 e. The van der Waals surface area contributed by atoms with E-state index in [1.54, 1.807) is 4.90 Å². The fourth-order valence-corrected chi connectivity index (χ4v) is 3.87. The Balaban J connectivity index is 1.26. The third-order valence-electron chi connectivity index (χ3n) is 5.53. The van der Waals surface area contributed by atoms with Crippen LogP contribution < -0.4 is 0 Å². The molecule has 1 amide bonds. The lowest BCUT2D eigenvalue weighted by molar-refractivity contribution is -0.130. The van der Waals surface area contributed by atoms with Crippen LogP contribution in [0.2, 0.25) is 0 Å². The summed E-state index contributed by atoms with van der Waals surface area (Å²) in [5, 5.41) is 18.3. The molecule has 2 atom stereocenters. The van der Waals surface area contributed by atoms with Crippen molar-refractivity contribution in [2.75, 3.05) is 13.1 Å². The molecule has 4 rings (SSSR count). The monoisotopic (exact) mass is 410 g/mol. The second-order valence-electron chi connectivity index (χ2n) is 7.95. The number of likely N-dealkylation sites (tertiary alicyclic amines) is 1. The van der Waals surface area contributed by atoms with Gasteiger partial charge in [-0.2, -0.15) is 4.98 Å². The summed E-state index contributed by atoms with van der Waals surface area (Å²) < 4.78 is 10.6. The smallest absolute Gasteiger partial charge is 0.226 e. The highest BCUT2D eigenvalue weighted by Gasteiger charge is 2.34. The first-order valence-electron chi connectivity index (χ1n) is 10.3. The van der Waals surface area contributed by atoms with Crippen LogP contribution >= 0.6 is 0 Å². The first-order valence-corrected chi connectivity index (χ1v) is 10.3. The zero-order valence-corrected chi connectivity index (χ0v) is 17.2. The lowest BCUT2D eigenvalue weighted by Gasteiger charge is -2.15. The molecule has 8 heteroatoms. The van der Waals surface area contributed by atoms with Crippen LogP contribution in [-0.4, -0.2) is 50.4 Å². The van der Waals surface area contributed by atoms with Gasteiger partial charge in [0.15, 0.2) is 0 Å². The van der Waals surface area contributed by atoms with Crippen molar-refractivity contribution in [3.8, 4) is 11.4 Å². The van der Waals surface area contributed by atoms with Crippen LogP contribution in [0.15, 0.2) is 39.4 Å². The van der Waals surface area contributed by atoms with Crippen LogP contribution in [0, 0.1) is 19.8 Å². The van der Waals surface area contributed by atoms with Crippen molar-refractivity contribution in [2.24, 2.45) is 5.92 Å². The van der Waals surface area contributed by atoms with Crippen molar-refractivity contribution >= 4 is 5.91 Å². The second-order valence-corrected chi connectivity index (χ2v) is 7.95. The summed E-state index contributed by atoms with van der Waals surface area (Å²) in [6.07, 6.45) is 1.57. The number of rotatable bonds is 7. The highest BCUT2D eigenvalue weighted by atomic mass is 16.5. The maximum atomic E-state index is 12.6. The summed E-state index contributed by atoms with van der Waals surface area (Å²) >= 11 is 0. The Morgan fingerprint density at radius 1 is 1.20 bits per heavy atom. The molecule has 1 fully saturated rings. The van der Waals surface area contributed by atoms with Gasteiger partial charge in [0.2, 0.25) is 17.6 Å². The van der Waals surface area contributed by atoms with E-state index in [0.29, 0.717) is 50.5 Å². The van der Waals surface area contributed by atoms with Crippen LogP contribution in [0.4, 0.5) is 0 Å². The number of carbonyl (C=O) groups excluding carboxylic acids is 1. The maximum Gasteiger partial charge on any atom is 0.226 e. The summed E-state index contributed by atoms with van der Waals surface area (Å²) in [4.78, 5) is 18.7. The molecule has 1 aromatic carbocycles. The average molecular weight is 410 g/mol. The molecule has 8 nitrogen and oxygen atoms in total. The molecule has 2 aromatic heterocycles. The fourth-order valence-electron chi connectivity index (χ4n) is 3.87. The van der Waals surface area contributed by atoms with Gasteiger partial charge in [-0.3, -0.25) is 4.79 Å². The third-order valence-corrected chi connectivity index (χ3v) is 5.53. The molecule has 1 N–H and O–H groups in total. The number of amides is 1. The fraction of sp³-hybridized carbons (Fsp3) is 0.455. The molecule has 1 aliphatic rings. The van der Waals surface area contributed by atoms with E-state index in [9.17, 15) is 9.90 Å². The normalized spacial score (nSPS) is 18.8. The first-order chi connectivity index (χ1) is 14.5. The van der Waals surface area contributed by atoms with Gasteiger partial charge in [-0.05, 0) is 25.8 Å². The van der Waals surface area contributed by atoms with Crippen molar-refractivity contribution in [3.63, 3.8) is 0 Å². The van der Waals surface area contributed by atoms with Crippen LogP contribution in [0.1, 0.15) is 35.7 Å². The molecule has 30 heavy (non-hydrogen) atoms.